The number of nitrogens with zero attached hydrogens (tertiary/aromatic N) is 1. The maximum atomic E-state index is 11.8. The smallest absolute Gasteiger partial charge is 0.382 e. The average Bonchev–Trinajstić information content (AvgIpc) is 2.77. The van der Waals surface area contributed by atoms with Crippen LogP contribution in [-0.2, 0) is 28.2 Å². The van der Waals surface area contributed by atoms with Crippen LogP contribution in [0.1, 0.15) is 27.2 Å². The zero-order valence-corrected chi connectivity index (χ0v) is 14.8. The minimum atomic E-state index is -2.09. The van der Waals surface area contributed by atoms with E-state index in [-0.39, 0.29) is 18.3 Å². The van der Waals surface area contributed by atoms with Gasteiger partial charge in [-0.15, -0.1) is 4.52 Å². The third-order valence-corrected chi connectivity index (χ3v) is 4.03. The van der Waals surface area contributed by atoms with E-state index in [0.717, 1.165) is 0 Å². The zero-order chi connectivity index (χ0) is 16.9. The summed E-state index contributed by atoms with van der Waals surface area (Å²) < 4.78 is 27.2. The van der Waals surface area contributed by atoms with Crippen molar-refractivity contribution in [3.8, 4) is 0 Å². The van der Waals surface area contributed by atoms with Crippen molar-refractivity contribution in [2.45, 2.75) is 45.6 Å². The van der Waals surface area contributed by atoms with E-state index in [4.69, 9.17) is 14.0 Å². The predicted octanol–water partition coefficient (Wildman–Crippen LogP) is 2.06. The number of methoxy groups -OCH3 is 1. The summed E-state index contributed by atoms with van der Waals surface area (Å²) >= 11 is 3.74. The maximum Gasteiger partial charge on any atom is 0.582 e. The van der Waals surface area contributed by atoms with E-state index in [1.807, 2.05) is 0 Å². The summed E-state index contributed by atoms with van der Waals surface area (Å²) in [5.41, 5.74) is 0.437. The normalized spacial score (nSPS) is 26.0. The second-order valence-electron chi connectivity index (χ2n) is 5.00. The molecule has 1 aliphatic rings. The molecule has 0 aromatic carbocycles. The lowest BCUT2D eigenvalue weighted by molar-refractivity contribution is -0.139. The number of carbonyl (C=O) groups is 2. The first-order valence-corrected chi connectivity index (χ1v) is 9.04. The number of hydrogen-bond donors (Lipinski definition) is 1. The van der Waals surface area contributed by atoms with Crippen molar-refractivity contribution < 1.29 is 28.2 Å². The van der Waals surface area contributed by atoms with Crippen LogP contribution in [0.2, 0.25) is 0 Å². The quantitative estimate of drug-likeness (QED) is 0.430. The number of Topliss-reactive ketones (excluding diaryl/α,β-unsaturated/α-hetero) is 1. The molecule has 0 radical (unpaired) electrons. The molecule has 1 aliphatic heterocycles. The minimum absolute atomic E-state index is 0.135. The zero-order valence-electron chi connectivity index (χ0n) is 13.0. The molecule has 9 heteroatoms. The lowest BCUT2D eigenvalue weighted by atomic mass is 10.2. The first-order chi connectivity index (χ1) is 10.3. The number of ether oxygens (including phenoxy) is 2. The van der Waals surface area contributed by atoms with Crippen LogP contribution < -0.4 is 0 Å². The van der Waals surface area contributed by atoms with Crippen molar-refractivity contribution >= 4 is 31.2 Å². The van der Waals surface area contributed by atoms with Gasteiger partial charge in [0.1, 0.15) is 30.7 Å². The minimum Gasteiger partial charge on any atom is -0.382 e. The van der Waals surface area contributed by atoms with Crippen molar-refractivity contribution in [2.75, 3.05) is 13.7 Å². The van der Waals surface area contributed by atoms with Crippen molar-refractivity contribution in [1.82, 2.24) is 4.90 Å². The third-order valence-electron chi connectivity index (χ3n) is 3.30. The fourth-order valence-corrected chi connectivity index (χ4v) is 2.91. The highest BCUT2D eigenvalue weighted by Gasteiger charge is 2.43. The van der Waals surface area contributed by atoms with Gasteiger partial charge in [0.25, 0.3) is 0 Å². The maximum absolute atomic E-state index is 11.8. The van der Waals surface area contributed by atoms with E-state index < -0.39 is 25.7 Å². The number of rotatable bonds is 7. The molecule has 1 fully saturated rings. The van der Waals surface area contributed by atoms with Gasteiger partial charge in [-0.3, -0.25) is 14.5 Å². The standard InChI is InChI=1S/C13H20NO6PS/c1-8(9(2)15)6-14(10(3)16)13-5-11(20-21(17)22)12(19-13)7-18-4/h6,11-13H,5,7H2,1-4H3/p+1/b8-6-/t11-,12+,13+/m0/s1. The Morgan fingerprint density at radius 1 is 1.41 bits per heavy atom. The van der Waals surface area contributed by atoms with Gasteiger partial charge in [0.2, 0.25) is 5.91 Å². The first kappa shape index (κ1) is 19.3. The van der Waals surface area contributed by atoms with Crippen LogP contribution in [-0.4, -0.2) is 48.7 Å². The monoisotopic (exact) mass is 350 g/mol. The molecule has 4 atom stereocenters. The summed E-state index contributed by atoms with van der Waals surface area (Å²) in [7, 11) is -0.583. The molecule has 1 saturated heterocycles. The Balaban J connectivity index is 2.93. The summed E-state index contributed by atoms with van der Waals surface area (Å²) in [6.07, 6.45) is 0.201. The number of hydrogen-bond acceptors (Lipinski definition) is 6. The second kappa shape index (κ2) is 8.74. The van der Waals surface area contributed by atoms with Crippen LogP contribution in [0.5, 0.6) is 0 Å². The summed E-state index contributed by atoms with van der Waals surface area (Å²) in [6, 6.07) is 0. The van der Waals surface area contributed by atoms with Gasteiger partial charge in [-0.25, -0.2) is 0 Å². The van der Waals surface area contributed by atoms with Crippen molar-refractivity contribution in [3.05, 3.63) is 11.8 Å². The number of allylic oxidation sites excluding steroid dienone is 1. The fourth-order valence-electron chi connectivity index (χ4n) is 2.09. The first-order valence-electron chi connectivity index (χ1n) is 6.71. The molecule has 0 aromatic rings. The highest BCUT2D eigenvalue weighted by Crippen LogP contribution is 2.36. The summed E-state index contributed by atoms with van der Waals surface area (Å²) in [5.74, 6) is -0.401. The Morgan fingerprint density at radius 3 is 2.50 bits per heavy atom. The Labute approximate surface area is 136 Å². The van der Waals surface area contributed by atoms with E-state index in [2.05, 4.69) is 12.2 Å². The highest BCUT2D eigenvalue weighted by molar-refractivity contribution is 8.39. The van der Waals surface area contributed by atoms with Crippen LogP contribution in [0.25, 0.3) is 0 Å². The second-order valence-corrected chi connectivity index (χ2v) is 6.66. The molecule has 1 unspecified atom stereocenters. The molecule has 22 heavy (non-hydrogen) atoms. The lowest BCUT2D eigenvalue weighted by Gasteiger charge is -2.24. The molecule has 1 rings (SSSR count). The van der Waals surface area contributed by atoms with Gasteiger partial charge in [0, 0.05) is 32.2 Å². The number of carbonyl (C=O) groups excluding carboxylic acids is 2. The van der Waals surface area contributed by atoms with Crippen LogP contribution >= 0.6 is 19.5 Å². The van der Waals surface area contributed by atoms with E-state index >= 15 is 0 Å². The Kier molecular flexibility index (Phi) is 7.65. The molecule has 0 aliphatic carbocycles. The van der Waals surface area contributed by atoms with Crippen LogP contribution in [0.3, 0.4) is 0 Å². The molecule has 1 heterocycles. The number of thiol groups is 1. The Bertz CT molecular complexity index is 483. The SMILES string of the molecule is COC[C@H]1O[C@@H](N(/C=C(/C)C(C)=O)C(C)=O)C[C@@H]1O[P+](=O)S. The summed E-state index contributed by atoms with van der Waals surface area (Å²) in [6.45, 7) is 4.66. The van der Waals surface area contributed by atoms with Gasteiger partial charge < -0.3 is 9.47 Å². The topological polar surface area (TPSA) is 82.1 Å². The van der Waals surface area contributed by atoms with Gasteiger partial charge in [0.15, 0.2) is 5.78 Å². The molecule has 7 nitrogen and oxygen atoms in total. The summed E-state index contributed by atoms with van der Waals surface area (Å²) in [5, 5.41) is 0. The van der Waals surface area contributed by atoms with Gasteiger partial charge in [-0.1, -0.05) is 0 Å². The average molecular weight is 350 g/mol. The number of amides is 1. The molecular weight excluding hydrogens is 329 g/mol. The molecule has 0 saturated carbocycles. The van der Waals surface area contributed by atoms with Crippen molar-refractivity contribution in [3.63, 3.8) is 0 Å². The van der Waals surface area contributed by atoms with Crippen LogP contribution in [0, 0.1) is 0 Å². The molecule has 0 spiro atoms. The lowest BCUT2D eigenvalue weighted by Crippen LogP contribution is -2.35. The van der Waals surface area contributed by atoms with E-state index in [1.54, 1.807) is 6.92 Å². The van der Waals surface area contributed by atoms with Gasteiger partial charge in [0.05, 0.1) is 6.61 Å². The predicted molar refractivity (Wildman–Crippen MR) is 83.6 cm³/mol. The third kappa shape index (κ3) is 5.44. The Morgan fingerprint density at radius 2 is 2.05 bits per heavy atom. The van der Waals surface area contributed by atoms with Crippen molar-refractivity contribution in [1.29, 1.82) is 0 Å². The molecule has 1 amide bonds. The molecular formula is C13H21NO6PS+. The Hall–Kier alpha value is -0.790. The van der Waals surface area contributed by atoms with Gasteiger partial charge in [-0.05, 0) is 18.4 Å². The molecule has 0 aromatic heterocycles. The fraction of sp³-hybridized carbons (Fsp3) is 0.692. The van der Waals surface area contributed by atoms with Gasteiger partial charge in [-0.2, -0.15) is 0 Å². The van der Waals surface area contributed by atoms with Crippen LogP contribution in [0.15, 0.2) is 11.8 Å². The van der Waals surface area contributed by atoms with Crippen LogP contribution in [0.4, 0.5) is 0 Å². The van der Waals surface area contributed by atoms with Gasteiger partial charge >= 0.3 is 7.23 Å². The molecule has 124 valence electrons. The highest BCUT2D eigenvalue weighted by atomic mass is 32.7. The molecule has 0 bridgehead atoms. The summed E-state index contributed by atoms with van der Waals surface area (Å²) in [4.78, 5) is 24.5. The molecule has 0 N–H and O–H groups in total. The van der Waals surface area contributed by atoms with E-state index in [0.29, 0.717) is 12.0 Å². The van der Waals surface area contributed by atoms with E-state index in [9.17, 15) is 14.2 Å². The number of ketones is 1. The van der Waals surface area contributed by atoms with E-state index in [1.165, 1.54) is 32.1 Å². The largest absolute Gasteiger partial charge is 0.582 e. The van der Waals surface area contributed by atoms with Crippen molar-refractivity contribution in [2.24, 2.45) is 0 Å².